The van der Waals surface area contributed by atoms with E-state index in [1.807, 2.05) is 0 Å². The molecule has 0 aliphatic carbocycles. The lowest BCUT2D eigenvalue weighted by atomic mass is 10.2. The molecule has 1 rings (SSSR count). The van der Waals surface area contributed by atoms with E-state index in [0.29, 0.717) is 0 Å². The predicted molar refractivity (Wildman–Crippen MR) is 59.3 cm³/mol. The Hall–Kier alpha value is -2.18. The highest BCUT2D eigenvalue weighted by Crippen LogP contribution is 2.10. The number of rotatable bonds is 4. The third-order valence-corrected chi connectivity index (χ3v) is 2.01. The van der Waals surface area contributed by atoms with E-state index in [1.54, 1.807) is 6.92 Å². The van der Waals surface area contributed by atoms with Crippen LogP contribution >= 0.6 is 0 Å². The highest BCUT2D eigenvalue weighted by molar-refractivity contribution is 5.98. The van der Waals surface area contributed by atoms with Crippen LogP contribution in [0.2, 0.25) is 0 Å². The Morgan fingerprint density at radius 1 is 1.59 bits per heavy atom. The molecular weight excluding hydrogens is 227 g/mol. The van der Waals surface area contributed by atoms with E-state index in [4.69, 9.17) is 11.5 Å². The second kappa shape index (κ2) is 5.24. The lowest BCUT2D eigenvalue weighted by Gasteiger charge is -2.12. The lowest BCUT2D eigenvalue weighted by Crippen LogP contribution is -2.36. The second-order valence-electron chi connectivity index (χ2n) is 3.63. The first-order chi connectivity index (χ1) is 7.90. The fourth-order valence-corrected chi connectivity index (χ4v) is 1.29. The third kappa shape index (κ3) is 3.71. The van der Waals surface area contributed by atoms with Crippen LogP contribution in [-0.4, -0.2) is 22.8 Å². The number of anilines is 1. The van der Waals surface area contributed by atoms with E-state index in [0.717, 1.165) is 12.3 Å². The van der Waals surface area contributed by atoms with E-state index < -0.39 is 23.7 Å². The molecule has 0 saturated carbocycles. The zero-order valence-corrected chi connectivity index (χ0v) is 9.24. The van der Waals surface area contributed by atoms with Crippen molar-refractivity contribution >= 4 is 17.6 Å². The summed E-state index contributed by atoms with van der Waals surface area (Å²) in [7, 11) is 0. The molecule has 1 aromatic rings. The van der Waals surface area contributed by atoms with Gasteiger partial charge in [0.25, 0.3) is 5.91 Å². The lowest BCUT2D eigenvalue weighted by molar-refractivity contribution is -0.118. The Kier molecular flexibility index (Phi) is 3.97. The Balaban J connectivity index is 2.76. The summed E-state index contributed by atoms with van der Waals surface area (Å²) in [6.45, 7) is 1.60. The maximum atomic E-state index is 12.9. The number of halogens is 1. The summed E-state index contributed by atoms with van der Waals surface area (Å²) in [4.78, 5) is 25.8. The molecule has 1 unspecified atom stereocenters. The largest absolute Gasteiger partial charge is 0.383 e. The van der Waals surface area contributed by atoms with E-state index in [9.17, 15) is 14.0 Å². The normalized spacial score (nSPS) is 11.9. The molecule has 0 radical (unpaired) electrons. The molecule has 0 aliphatic rings. The second-order valence-corrected chi connectivity index (χ2v) is 3.63. The molecule has 1 aromatic heterocycles. The van der Waals surface area contributed by atoms with Gasteiger partial charge in [0.2, 0.25) is 5.91 Å². The van der Waals surface area contributed by atoms with Crippen molar-refractivity contribution in [3.05, 3.63) is 23.6 Å². The van der Waals surface area contributed by atoms with Gasteiger partial charge in [-0.25, -0.2) is 9.37 Å². The third-order valence-electron chi connectivity index (χ3n) is 2.01. The number of nitrogens with one attached hydrogen (secondary N) is 1. The van der Waals surface area contributed by atoms with Crippen LogP contribution in [-0.2, 0) is 4.79 Å². The molecule has 7 heteroatoms. The predicted octanol–water partition coefficient (Wildman–Crippen LogP) is -0.203. The summed E-state index contributed by atoms with van der Waals surface area (Å²) in [5.41, 5.74) is 10.3. The zero-order valence-electron chi connectivity index (χ0n) is 9.24. The molecule has 0 bridgehead atoms. The van der Waals surface area contributed by atoms with Gasteiger partial charge in [0.1, 0.15) is 11.6 Å². The van der Waals surface area contributed by atoms with Crippen LogP contribution in [0, 0.1) is 5.82 Å². The van der Waals surface area contributed by atoms with Crippen LogP contribution < -0.4 is 16.8 Å². The highest BCUT2D eigenvalue weighted by Gasteiger charge is 2.15. The van der Waals surface area contributed by atoms with E-state index in [-0.39, 0.29) is 17.8 Å². The average Bonchev–Trinajstić information content (AvgIpc) is 2.20. The molecule has 0 saturated heterocycles. The van der Waals surface area contributed by atoms with Gasteiger partial charge in [-0.15, -0.1) is 0 Å². The van der Waals surface area contributed by atoms with Gasteiger partial charge in [0.15, 0.2) is 0 Å². The molecule has 0 aromatic carbocycles. The van der Waals surface area contributed by atoms with Gasteiger partial charge >= 0.3 is 0 Å². The van der Waals surface area contributed by atoms with Crippen molar-refractivity contribution in [3.8, 4) is 0 Å². The molecule has 17 heavy (non-hydrogen) atoms. The molecule has 0 spiro atoms. The van der Waals surface area contributed by atoms with Crippen molar-refractivity contribution in [3.63, 3.8) is 0 Å². The fraction of sp³-hybridized carbons (Fsp3) is 0.300. The maximum Gasteiger partial charge on any atom is 0.255 e. The first-order valence-corrected chi connectivity index (χ1v) is 4.90. The average molecular weight is 240 g/mol. The van der Waals surface area contributed by atoms with Crippen LogP contribution in [0.5, 0.6) is 0 Å². The first-order valence-electron chi connectivity index (χ1n) is 4.90. The molecular formula is C10H13FN4O2. The highest BCUT2D eigenvalue weighted by atomic mass is 19.1. The van der Waals surface area contributed by atoms with E-state index >= 15 is 0 Å². The van der Waals surface area contributed by atoms with Gasteiger partial charge in [-0.2, -0.15) is 0 Å². The number of hydrogen-bond donors (Lipinski definition) is 3. The van der Waals surface area contributed by atoms with Gasteiger partial charge in [0.05, 0.1) is 11.8 Å². The van der Waals surface area contributed by atoms with Gasteiger partial charge in [-0.05, 0) is 13.0 Å². The fourth-order valence-electron chi connectivity index (χ4n) is 1.29. The molecule has 92 valence electrons. The topological polar surface area (TPSA) is 111 Å². The van der Waals surface area contributed by atoms with Crippen LogP contribution in [0.1, 0.15) is 23.7 Å². The minimum atomic E-state index is -0.660. The van der Waals surface area contributed by atoms with Crippen molar-refractivity contribution in [1.29, 1.82) is 0 Å². The van der Waals surface area contributed by atoms with Crippen LogP contribution in [0.25, 0.3) is 0 Å². The van der Waals surface area contributed by atoms with Crippen molar-refractivity contribution in [2.45, 2.75) is 19.4 Å². The van der Waals surface area contributed by atoms with Gasteiger partial charge in [0, 0.05) is 12.5 Å². The SMILES string of the molecule is CC(CC(N)=O)NC(=O)c1cc(F)cnc1N. The summed E-state index contributed by atoms with van der Waals surface area (Å²) in [5.74, 6) is -1.87. The summed E-state index contributed by atoms with van der Waals surface area (Å²) < 4.78 is 12.9. The van der Waals surface area contributed by atoms with Crippen molar-refractivity contribution in [1.82, 2.24) is 10.3 Å². The molecule has 1 heterocycles. The quantitative estimate of drug-likeness (QED) is 0.676. The van der Waals surface area contributed by atoms with Crippen LogP contribution in [0.3, 0.4) is 0 Å². The van der Waals surface area contributed by atoms with Crippen molar-refractivity contribution in [2.75, 3.05) is 5.73 Å². The van der Waals surface area contributed by atoms with Crippen molar-refractivity contribution < 1.29 is 14.0 Å². The number of aromatic nitrogens is 1. The molecule has 6 nitrogen and oxygen atoms in total. The number of nitrogen functional groups attached to an aromatic ring is 1. The zero-order chi connectivity index (χ0) is 13.0. The van der Waals surface area contributed by atoms with E-state index in [1.165, 1.54) is 0 Å². The van der Waals surface area contributed by atoms with Gasteiger partial charge in [-0.3, -0.25) is 9.59 Å². The first kappa shape index (κ1) is 12.9. The maximum absolute atomic E-state index is 12.9. The van der Waals surface area contributed by atoms with Gasteiger partial charge in [-0.1, -0.05) is 0 Å². The molecule has 0 fully saturated rings. The molecule has 0 aliphatic heterocycles. The summed E-state index contributed by atoms with van der Waals surface area (Å²) in [6, 6.07) is 0.525. The number of carbonyl (C=O) groups excluding carboxylic acids is 2. The number of pyridine rings is 1. The Morgan fingerprint density at radius 3 is 2.82 bits per heavy atom. The summed E-state index contributed by atoms with van der Waals surface area (Å²) in [6.07, 6.45) is 0.910. The summed E-state index contributed by atoms with van der Waals surface area (Å²) in [5, 5.41) is 2.47. The molecule has 5 N–H and O–H groups in total. The van der Waals surface area contributed by atoms with Crippen LogP contribution in [0.4, 0.5) is 10.2 Å². The number of amides is 2. The molecule has 1 atom stereocenters. The van der Waals surface area contributed by atoms with Crippen molar-refractivity contribution in [2.24, 2.45) is 5.73 Å². The molecule has 2 amide bonds. The number of hydrogen-bond acceptors (Lipinski definition) is 4. The van der Waals surface area contributed by atoms with Crippen LogP contribution in [0.15, 0.2) is 12.3 Å². The Bertz CT molecular complexity index is 450. The number of nitrogens with two attached hydrogens (primary N) is 2. The monoisotopic (exact) mass is 240 g/mol. The van der Waals surface area contributed by atoms with E-state index in [2.05, 4.69) is 10.3 Å². The number of nitrogens with zero attached hydrogens (tertiary/aromatic N) is 1. The number of primary amides is 1. The minimum absolute atomic E-state index is 0.00557. The number of carbonyl (C=O) groups is 2. The Labute approximate surface area is 97.2 Å². The van der Waals surface area contributed by atoms with Gasteiger partial charge < -0.3 is 16.8 Å². The standard InChI is InChI=1S/C10H13FN4O2/c1-5(2-8(12)16)15-10(17)7-3-6(11)4-14-9(7)13/h3-5H,2H2,1H3,(H2,12,16)(H2,13,14)(H,15,17). The smallest absolute Gasteiger partial charge is 0.255 e. The minimum Gasteiger partial charge on any atom is -0.383 e. The Morgan fingerprint density at radius 2 is 2.24 bits per heavy atom. The summed E-state index contributed by atoms with van der Waals surface area (Å²) >= 11 is 0.